The fourth-order valence-electron chi connectivity index (χ4n) is 2.63. The van der Waals surface area contributed by atoms with Crippen LogP contribution in [-0.4, -0.2) is 30.5 Å². The van der Waals surface area contributed by atoms with Crippen molar-refractivity contribution in [3.05, 3.63) is 64.3 Å². The minimum absolute atomic E-state index is 0.0310. The number of fused-ring (bicyclic) bond motifs is 1. The number of hydrogen-bond acceptors (Lipinski definition) is 3. The number of sulfonamides is 1. The number of aromatic nitrogens is 1. The third kappa shape index (κ3) is 3.86. The van der Waals surface area contributed by atoms with Crippen molar-refractivity contribution >= 4 is 50.1 Å². The highest BCUT2D eigenvalue weighted by molar-refractivity contribution is 7.89. The van der Waals surface area contributed by atoms with Crippen molar-refractivity contribution in [3.8, 4) is 0 Å². The van der Waals surface area contributed by atoms with Gasteiger partial charge in [0.05, 0.1) is 5.02 Å². The first kappa shape index (κ1) is 18.7. The maximum Gasteiger partial charge on any atom is 0.322 e. The molecular weight excluding hydrogens is 399 g/mol. The van der Waals surface area contributed by atoms with Gasteiger partial charge in [0.2, 0.25) is 10.0 Å². The van der Waals surface area contributed by atoms with Crippen molar-refractivity contribution in [1.29, 1.82) is 0 Å². The summed E-state index contributed by atoms with van der Waals surface area (Å²) in [4.78, 5) is 14.4. The summed E-state index contributed by atoms with van der Waals surface area (Å²) >= 11 is 11.8. The monoisotopic (exact) mass is 412 g/mol. The number of para-hydroxylation sites is 1. The highest BCUT2D eigenvalue weighted by Crippen LogP contribution is 2.26. The van der Waals surface area contributed by atoms with E-state index in [1.807, 2.05) is 24.3 Å². The molecule has 0 aliphatic carbocycles. The Kier molecular flexibility index (Phi) is 5.24. The molecular formula is C17H14Cl2N2O4S. The summed E-state index contributed by atoms with van der Waals surface area (Å²) in [6.45, 7) is 0. The molecule has 0 fully saturated rings. The van der Waals surface area contributed by atoms with Crippen LogP contribution in [0.5, 0.6) is 0 Å². The number of aliphatic carboxylic acids is 1. The molecule has 0 bridgehead atoms. The molecule has 0 saturated heterocycles. The lowest BCUT2D eigenvalue weighted by Gasteiger charge is -2.15. The van der Waals surface area contributed by atoms with Crippen LogP contribution in [0.15, 0.2) is 53.6 Å². The lowest BCUT2D eigenvalue weighted by Crippen LogP contribution is -2.42. The standard InChI is InChI=1S/C17H14Cl2N2O4S/c18-11-5-6-13(19)16(8-11)26(24,25)21-15(17(22)23)7-10-9-20-14-4-2-1-3-12(10)14/h1-6,8-9,15,20-21H,7H2,(H,22,23)/t15-/m0/s1. The maximum absolute atomic E-state index is 12.6. The van der Waals surface area contributed by atoms with Crippen LogP contribution >= 0.6 is 23.2 Å². The molecule has 2 aromatic carbocycles. The Hall–Kier alpha value is -2.06. The molecule has 26 heavy (non-hydrogen) atoms. The summed E-state index contributed by atoms with van der Waals surface area (Å²) in [6, 6.07) is 9.96. The van der Waals surface area contributed by atoms with Crippen LogP contribution in [0.2, 0.25) is 10.0 Å². The molecule has 3 N–H and O–H groups in total. The molecule has 1 atom stereocenters. The van der Waals surface area contributed by atoms with E-state index < -0.39 is 22.0 Å². The number of halogens is 2. The van der Waals surface area contributed by atoms with Gasteiger partial charge in [-0.3, -0.25) is 4.79 Å². The predicted molar refractivity (Wildman–Crippen MR) is 100 cm³/mol. The van der Waals surface area contributed by atoms with Crippen LogP contribution in [0.3, 0.4) is 0 Å². The first-order valence-corrected chi connectivity index (χ1v) is 9.77. The van der Waals surface area contributed by atoms with E-state index in [-0.39, 0.29) is 21.4 Å². The number of nitrogens with one attached hydrogen (secondary N) is 2. The van der Waals surface area contributed by atoms with Crippen molar-refractivity contribution in [2.24, 2.45) is 0 Å². The summed E-state index contributed by atoms with van der Waals surface area (Å²) in [5.74, 6) is -1.29. The first-order valence-electron chi connectivity index (χ1n) is 7.53. The van der Waals surface area contributed by atoms with Gasteiger partial charge in [0.1, 0.15) is 10.9 Å². The number of rotatable bonds is 6. The van der Waals surface area contributed by atoms with Gasteiger partial charge in [-0.2, -0.15) is 4.72 Å². The van der Waals surface area contributed by atoms with Gasteiger partial charge in [0.25, 0.3) is 0 Å². The van der Waals surface area contributed by atoms with Gasteiger partial charge in [-0.05, 0) is 29.8 Å². The first-order chi connectivity index (χ1) is 12.3. The van der Waals surface area contributed by atoms with Gasteiger partial charge in [-0.1, -0.05) is 41.4 Å². The zero-order chi connectivity index (χ0) is 18.9. The summed E-state index contributed by atoms with van der Waals surface area (Å²) in [5, 5.41) is 10.4. The molecule has 3 rings (SSSR count). The zero-order valence-electron chi connectivity index (χ0n) is 13.2. The van der Waals surface area contributed by atoms with E-state index in [4.69, 9.17) is 23.2 Å². The second-order valence-corrected chi connectivity index (χ2v) is 8.18. The Morgan fingerprint density at radius 1 is 1.19 bits per heavy atom. The van der Waals surface area contributed by atoms with Crippen molar-refractivity contribution < 1.29 is 18.3 Å². The smallest absolute Gasteiger partial charge is 0.322 e. The van der Waals surface area contributed by atoms with Gasteiger partial charge in [-0.25, -0.2) is 8.42 Å². The van der Waals surface area contributed by atoms with E-state index in [2.05, 4.69) is 9.71 Å². The van der Waals surface area contributed by atoms with Crippen LogP contribution in [0.25, 0.3) is 10.9 Å². The predicted octanol–water partition coefficient (Wildman–Crippen LogP) is 3.45. The Morgan fingerprint density at radius 2 is 1.92 bits per heavy atom. The number of hydrogen-bond donors (Lipinski definition) is 3. The van der Waals surface area contributed by atoms with Gasteiger partial charge < -0.3 is 10.1 Å². The second kappa shape index (κ2) is 7.28. The van der Waals surface area contributed by atoms with Crippen molar-refractivity contribution in [2.75, 3.05) is 0 Å². The molecule has 0 amide bonds. The van der Waals surface area contributed by atoms with Crippen LogP contribution in [0.4, 0.5) is 0 Å². The molecule has 1 heterocycles. The minimum atomic E-state index is -4.17. The molecule has 0 saturated carbocycles. The zero-order valence-corrected chi connectivity index (χ0v) is 15.6. The van der Waals surface area contributed by atoms with E-state index in [0.717, 1.165) is 10.9 Å². The maximum atomic E-state index is 12.6. The molecule has 0 unspecified atom stereocenters. The van der Waals surface area contributed by atoms with Crippen molar-refractivity contribution in [1.82, 2.24) is 9.71 Å². The number of aromatic amines is 1. The number of carboxylic acid groups (broad SMARTS) is 1. The SMILES string of the molecule is O=C(O)[C@H](Cc1c[nH]c2ccccc12)NS(=O)(=O)c1cc(Cl)ccc1Cl. The lowest BCUT2D eigenvalue weighted by molar-refractivity contribution is -0.138. The topological polar surface area (TPSA) is 99.3 Å². The average Bonchev–Trinajstić information content (AvgIpc) is 2.99. The summed E-state index contributed by atoms with van der Waals surface area (Å²) in [6.07, 6.45) is 1.64. The van der Waals surface area contributed by atoms with Gasteiger partial charge >= 0.3 is 5.97 Å². The van der Waals surface area contributed by atoms with Gasteiger partial charge in [-0.15, -0.1) is 0 Å². The molecule has 0 spiro atoms. The van der Waals surface area contributed by atoms with E-state index in [1.54, 1.807) is 6.20 Å². The summed E-state index contributed by atoms with van der Waals surface area (Å²) in [5.41, 5.74) is 1.53. The third-order valence-corrected chi connectivity index (χ3v) is 6.07. The van der Waals surface area contributed by atoms with Crippen LogP contribution in [-0.2, 0) is 21.2 Å². The highest BCUT2D eigenvalue weighted by atomic mass is 35.5. The van der Waals surface area contributed by atoms with Crippen molar-refractivity contribution in [3.63, 3.8) is 0 Å². The molecule has 9 heteroatoms. The Bertz CT molecular complexity index is 1080. The number of H-pyrrole nitrogens is 1. The average molecular weight is 413 g/mol. The largest absolute Gasteiger partial charge is 0.480 e. The van der Waals surface area contributed by atoms with Crippen LogP contribution in [0, 0.1) is 0 Å². The van der Waals surface area contributed by atoms with E-state index in [0.29, 0.717) is 5.56 Å². The number of benzene rings is 2. The lowest BCUT2D eigenvalue weighted by atomic mass is 10.1. The molecule has 6 nitrogen and oxygen atoms in total. The van der Waals surface area contributed by atoms with E-state index in [1.165, 1.54) is 18.2 Å². The van der Waals surface area contributed by atoms with E-state index in [9.17, 15) is 18.3 Å². The van der Waals surface area contributed by atoms with Gasteiger partial charge in [0, 0.05) is 28.5 Å². The highest BCUT2D eigenvalue weighted by Gasteiger charge is 2.28. The second-order valence-electron chi connectivity index (χ2n) is 5.65. The number of carbonyl (C=O) groups is 1. The molecule has 0 radical (unpaired) electrons. The van der Waals surface area contributed by atoms with Crippen LogP contribution < -0.4 is 4.72 Å². The Morgan fingerprint density at radius 3 is 2.65 bits per heavy atom. The fourth-order valence-corrected chi connectivity index (χ4v) is 4.59. The van der Waals surface area contributed by atoms with Gasteiger partial charge in [0.15, 0.2) is 0 Å². The Labute approximate surface area is 159 Å². The fraction of sp³-hybridized carbons (Fsp3) is 0.118. The minimum Gasteiger partial charge on any atom is -0.480 e. The molecule has 136 valence electrons. The van der Waals surface area contributed by atoms with E-state index >= 15 is 0 Å². The van der Waals surface area contributed by atoms with Crippen LogP contribution in [0.1, 0.15) is 5.56 Å². The number of carboxylic acids is 1. The summed E-state index contributed by atoms with van der Waals surface area (Å²) in [7, 11) is -4.17. The molecule has 0 aliphatic rings. The summed E-state index contributed by atoms with van der Waals surface area (Å²) < 4.78 is 27.4. The molecule has 1 aromatic heterocycles. The quantitative estimate of drug-likeness (QED) is 0.577. The normalized spacial score (nSPS) is 13.0. The molecule has 0 aliphatic heterocycles. The van der Waals surface area contributed by atoms with Crippen molar-refractivity contribution in [2.45, 2.75) is 17.4 Å². The Balaban J connectivity index is 1.91. The molecule has 3 aromatic rings. The third-order valence-electron chi connectivity index (χ3n) is 3.88.